The van der Waals surface area contributed by atoms with Gasteiger partial charge in [-0.25, -0.2) is 0 Å². The molecule has 1 rings (SSSR count). The van der Waals surface area contributed by atoms with E-state index in [1.165, 1.54) is 6.21 Å². The molecule has 0 saturated heterocycles. The van der Waals surface area contributed by atoms with Crippen LogP contribution in [0, 0.1) is 0 Å². The van der Waals surface area contributed by atoms with E-state index in [0.29, 0.717) is 17.4 Å². The third kappa shape index (κ3) is 4.56. The van der Waals surface area contributed by atoms with Gasteiger partial charge in [-0.3, -0.25) is 0 Å². The van der Waals surface area contributed by atoms with Crippen molar-refractivity contribution < 1.29 is 4.74 Å². The molecule has 1 aromatic rings. The van der Waals surface area contributed by atoms with E-state index in [0.717, 1.165) is 5.56 Å². The van der Waals surface area contributed by atoms with E-state index in [9.17, 15) is 0 Å². The highest BCUT2D eigenvalue weighted by molar-refractivity contribution is 6.32. The Morgan fingerprint density at radius 1 is 1.47 bits per heavy atom. The lowest BCUT2D eigenvalue weighted by molar-refractivity contribution is 0.363. The molecule has 0 amide bonds. The van der Waals surface area contributed by atoms with E-state index in [4.69, 9.17) is 27.8 Å². The smallest absolute Gasteiger partial charge is 0.211 e. The summed E-state index contributed by atoms with van der Waals surface area (Å²) in [5, 5.41) is 7.63. The van der Waals surface area contributed by atoms with Crippen LogP contribution in [-0.4, -0.2) is 18.8 Å². The van der Waals surface area contributed by atoms with Gasteiger partial charge in [0.2, 0.25) is 5.96 Å². The molecule has 0 aliphatic rings. The minimum absolute atomic E-state index is 0.0988. The molecular weight excluding hydrogens is 240 g/mol. The molecule has 0 aliphatic heterocycles. The maximum Gasteiger partial charge on any atom is 0.211 e. The van der Waals surface area contributed by atoms with Gasteiger partial charge in [0, 0.05) is 0 Å². The molecule has 0 aliphatic carbocycles. The number of rotatable bonds is 5. The van der Waals surface area contributed by atoms with Crippen LogP contribution in [0.3, 0.4) is 0 Å². The Morgan fingerprint density at radius 2 is 2.24 bits per heavy atom. The Kier molecular flexibility index (Phi) is 5.03. The third-order valence-electron chi connectivity index (χ3n) is 1.69. The Bertz CT molecular complexity index is 453. The lowest BCUT2D eigenvalue weighted by atomic mass is 10.2. The first-order valence-corrected chi connectivity index (χ1v) is 5.16. The standard InChI is InChI=1S/C11H13ClN4O/c1-2-5-17-10-4-3-8(6-9(10)12)7-15-16-11(13)14/h2-4,6-7H,1,5H2,(H4,13,14,16). The normalized spacial score (nSPS) is 10.2. The van der Waals surface area contributed by atoms with Gasteiger partial charge in [-0.1, -0.05) is 24.3 Å². The topological polar surface area (TPSA) is 86.0 Å². The summed E-state index contributed by atoms with van der Waals surface area (Å²) in [5.41, 5.74) is 11.0. The van der Waals surface area contributed by atoms with Crippen LogP contribution in [0.1, 0.15) is 5.56 Å². The summed E-state index contributed by atoms with van der Waals surface area (Å²) in [6.45, 7) is 3.96. The van der Waals surface area contributed by atoms with Gasteiger partial charge in [-0.05, 0) is 23.8 Å². The molecule has 0 heterocycles. The Hall–Kier alpha value is -2.01. The fourth-order valence-electron chi connectivity index (χ4n) is 1.03. The van der Waals surface area contributed by atoms with E-state index >= 15 is 0 Å². The first-order valence-electron chi connectivity index (χ1n) is 4.78. The van der Waals surface area contributed by atoms with E-state index < -0.39 is 0 Å². The predicted molar refractivity (Wildman–Crippen MR) is 70.5 cm³/mol. The average Bonchev–Trinajstić information content (AvgIpc) is 2.27. The molecule has 17 heavy (non-hydrogen) atoms. The second kappa shape index (κ2) is 6.55. The van der Waals surface area contributed by atoms with Gasteiger partial charge >= 0.3 is 0 Å². The van der Waals surface area contributed by atoms with Crippen molar-refractivity contribution in [3.05, 3.63) is 41.4 Å². The average molecular weight is 253 g/mol. The number of guanidine groups is 1. The zero-order chi connectivity index (χ0) is 12.7. The van der Waals surface area contributed by atoms with Crippen molar-refractivity contribution in [2.24, 2.45) is 21.7 Å². The van der Waals surface area contributed by atoms with E-state index in [-0.39, 0.29) is 5.96 Å². The van der Waals surface area contributed by atoms with E-state index in [2.05, 4.69) is 16.8 Å². The second-order valence-corrected chi connectivity index (χ2v) is 3.47. The van der Waals surface area contributed by atoms with Crippen LogP contribution in [0.5, 0.6) is 5.75 Å². The molecule has 0 radical (unpaired) electrons. The Balaban J connectivity index is 2.78. The fraction of sp³-hybridized carbons (Fsp3) is 0.0909. The van der Waals surface area contributed by atoms with E-state index in [1.54, 1.807) is 24.3 Å². The Morgan fingerprint density at radius 3 is 2.82 bits per heavy atom. The number of nitrogens with zero attached hydrogens (tertiary/aromatic N) is 2. The molecule has 6 heteroatoms. The quantitative estimate of drug-likeness (QED) is 0.360. The highest BCUT2D eigenvalue weighted by atomic mass is 35.5. The summed E-state index contributed by atoms with van der Waals surface area (Å²) in [4.78, 5) is 0. The van der Waals surface area contributed by atoms with Crippen LogP contribution in [0.4, 0.5) is 0 Å². The van der Waals surface area contributed by atoms with Crippen molar-refractivity contribution in [3.63, 3.8) is 0 Å². The molecule has 0 aromatic heterocycles. The molecular formula is C11H13ClN4O. The van der Waals surface area contributed by atoms with Gasteiger partial charge in [0.1, 0.15) is 12.4 Å². The highest BCUT2D eigenvalue weighted by Gasteiger charge is 2.01. The highest BCUT2D eigenvalue weighted by Crippen LogP contribution is 2.24. The molecule has 5 nitrogen and oxygen atoms in total. The summed E-state index contributed by atoms with van der Waals surface area (Å²) >= 11 is 6.00. The van der Waals surface area contributed by atoms with Gasteiger partial charge in [0.25, 0.3) is 0 Å². The number of halogens is 1. The van der Waals surface area contributed by atoms with E-state index in [1.807, 2.05) is 0 Å². The molecule has 0 unspecified atom stereocenters. The largest absolute Gasteiger partial charge is 0.488 e. The summed E-state index contributed by atoms with van der Waals surface area (Å²) in [7, 11) is 0. The van der Waals surface area contributed by atoms with Crippen molar-refractivity contribution in [1.29, 1.82) is 0 Å². The van der Waals surface area contributed by atoms with Gasteiger partial charge in [-0.15, -0.1) is 5.10 Å². The molecule has 0 spiro atoms. The van der Waals surface area contributed by atoms with Crippen molar-refractivity contribution in [2.75, 3.05) is 6.61 Å². The minimum atomic E-state index is -0.0988. The molecule has 4 N–H and O–H groups in total. The van der Waals surface area contributed by atoms with Crippen LogP contribution < -0.4 is 16.2 Å². The number of nitrogens with two attached hydrogens (primary N) is 2. The van der Waals surface area contributed by atoms with Crippen LogP contribution in [0.2, 0.25) is 5.02 Å². The van der Waals surface area contributed by atoms with Crippen molar-refractivity contribution in [3.8, 4) is 5.75 Å². The maximum absolute atomic E-state index is 6.00. The lowest BCUT2D eigenvalue weighted by Gasteiger charge is -2.05. The molecule has 90 valence electrons. The molecule has 0 atom stereocenters. The molecule has 1 aromatic carbocycles. The minimum Gasteiger partial charge on any atom is -0.488 e. The van der Waals surface area contributed by atoms with Crippen LogP contribution in [0.15, 0.2) is 41.1 Å². The monoisotopic (exact) mass is 252 g/mol. The number of hydrogen-bond acceptors (Lipinski definition) is 3. The lowest BCUT2D eigenvalue weighted by Crippen LogP contribution is -2.21. The van der Waals surface area contributed by atoms with Crippen LogP contribution in [-0.2, 0) is 0 Å². The molecule has 0 fully saturated rings. The van der Waals surface area contributed by atoms with Crippen molar-refractivity contribution in [1.82, 2.24) is 0 Å². The maximum atomic E-state index is 6.00. The van der Waals surface area contributed by atoms with Gasteiger partial charge in [-0.2, -0.15) is 5.10 Å². The number of ether oxygens (including phenoxy) is 1. The van der Waals surface area contributed by atoms with Gasteiger partial charge < -0.3 is 16.2 Å². The first-order chi connectivity index (χ1) is 8.13. The summed E-state index contributed by atoms with van der Waals surface area (Å²) in [6.07, 6.45) is 3.13. The first kappa shape index (κ1) is 13.1. The number of benzene rings is 1. The van der Waals surface area contributed by atoms with Crippen molar-refractivity contribution in [2.45, 2.75) is 0 Å². The van der Waals surface area contributed by atoms with Crippen LogP contribution in [0.25, 0.3) is 0 Å². The van der Waals surface area contributed by atoms with Gasteiger partial charge in [0.15, 0.2) is 0 Å². The zero-order valence-corrected chi connectivity index (χ0v) is 9.89. The summed E-state index contributed by atoms with van der Waals surface area (Å²) in [6, 6.07) is 5.23. The fourth-order valence-corrected chi connectivity index (χ4v) is 1.27. The third-order valence-corrected chi connectivity index (χ3v) is 1.99. The summed E-state index contributed by atoms with van der Waals surface area (Å²) in [5.74, 6) is 0.490. The SMILES string of the molecule is C=CCOc1ccc(C=NN=C(N)N)cc1Cl. The van der Waals surface area contributed by atoms with Gasteiger partial charge in [0.05, 0.1) is 11.2 Å². The zero-order valence-electron chi connectivity index (χ0n) is 9.14. The summed E-state index contributed by atoms with van der Waals surface area (Å²) < 4.78 is 5.32. The van der Waals surface area contributed by atoms with Crippen LogP contribution >= 0.6 is 11.6 Å². The molecule has 0 bridgehead atoms. The second-order valence-electron chi connectivity index (χ2n) is 3.06. The van der Waals surface area contributed by atoms with Crippen molar-refractivity contribution >= 4 is 23.8 Å². The molecule has 0 saturated carbocycles. The Labute approximate surface area is 104 Å². The number of hydrogen-bond donors (Lipinski definition) is 2. The predicted octanol–water partition coefficient (Wildman–Crippen LogP) is 1.51.